The normalized spacial score (nSPS) is 21.6. The molecule has 1 aromatic heterocycles. The Morgan fingerprint density at radius 3 is 2.69 bits per heavy atom. The maximum atomic E-state index is 14.8. The van der Waals surface area contributed by atoms with Crippen LogP contribution in [0.4, 0.5) is 13.2 Å². The molecule has 1 N–H and O–H groups in total. The molecule has 1 aromatic carbocycles. The number of nitrogens with zero attached hydrogens (tertiary/aromatic N) is 3. The highest BCUT2D eigenvalue weighted by atomic mass is 35.5. The largest absolute Gasteiger partial charge is 0.508 e. The number of benzene rings is 1. The van der Waals surface area contributed by atoms with Crippen molar-refractivity contribution in [2.24, 2.45) is 4.99 Å². The first-order valence-electron chi connectivity index (χ1n) is 11.1. The Hall–Kier alpha value is -1.74. The summed E-state index contributed by atoms with van der Waals surface area (Å²) < 4.78 is 73.6. The fourth-order valence-corrected chi connectivity index (χ4v) is 5.98. The second kappa shape index (κ2) is 12.4. The zero-order valence-corrected chi connectivity index (χ0v) is 23.8. The predicted octanol–water partition coefficient (Wildman–Crippen LogP) is 5.63. The van der Waals surface area contributed by atoms with E-state index in [-0.39, 0.29) is 40.8 Å². The molecule has 0 saturated carbocycles. The summed E-state index contributed by atoms with van der Waals surface area (Å²) in [5, 5.41) is 5.12. The molecule has 4 rings (SSSR count). The maximum absolute atomic E-state index is 14.8. The van der Waals surface area contributed by atoms with E-state index in [0.29, 0.717) is 5.01 Å². The van der Waals surface area contributed by atoms with Crippen molar-refractivity contribution in [1.29, 1.82) is 0 Å². The number of ether oxygens (including phenoxy) is 1. The zero-order valence-electron chi connectivity index (χ0n) is 19.8. The number of nitrogens with one attached hydrogen (secondary N) is 1. The summed E-state index contributed by atoms with van der Waals surface area (Å²) in [5.41, 5.74) is 0.402. The van der Waals surface area contributed by atoms with Crippen molar-refractivity contribution in [3.63, 3.8) is 0 Å². The van der Waals surface area contributed by atoms with Crippen LogP contribution < -0.4 is 5.32 Å². The molecule has 39 heavy (non-hydrogen) atoms. The molecule has 2 aliphatic heterocycles. The summed E-state index contributed by atoms with van der Waals surface area (Å²) in [6, 6.07) is 2.51. The highest BCUT2D eigenvalue weighted by molar-refractivity contribution is 7.50. The molecule has 10 nitrogen and oxygen atoms in total. The minimum Gasteiger partial charge on any atom is -0.463 e. The van der Waals surface area contributed by atoms with Crippen LogP contribution in [0, 0.1) is 5.82 Å². The van der Waals surface area contributed by atoms with E-state index in [2.05, 4.69) is 23.4 Å². The lowest BCUT2D eigenvalue weighted by Crippen LogP contribution is -2.39. The fraction of sp³-hybridized carbons (Fsp3) is 0.381. The van der Waals surface area contributed by atoms with Crippen molar-refractivity contribution in [2.75, 3.05) is 26.2 Å². The highest BCUT2D eigenvalue weighted by Crippen LogP contribution is 2.55. The number of carbonyl (C=O) groups is 1. The summed E-state index contributed by atoms with van der Waals surface area (Å²) in [7, 11) is -4.67. The van der Waals surface area contributed by atoms with Crippen molar-refractivity contribution in [1.82, 2.24) is 15.2 Å². The average Bonchev–Trinajstić information content (AvgIpc) is 3.51. The Kier molecular flexibility index (Phi) is 9.62. The number of hydrogen-bond donors (Lipinski definition) is 1. The molecule has 0 amide bonds. The van der Waals surface area contributed by atoms with Crippen molar-refractivity contribution in [3.8, 4) is 0 Å². The summed E-state index contributed by atoms with van der Waals surface area (Å²) in [4.78, 5) is 23.2. The van der Waals surface area contributed by atoms with Gasteiger partial charge in [0.2, 0.25) is 0 Å². The number of phosphoric acid groups is 1. The molecule has 212 valence electrons. The van der Waals surface area contributed by atoms with Gasteiger partial charge in [0.05, 0.1) is 42.5 Å². The van der Waals surface area contributed by atoms with E-state index in [1.165, 1.54) is 28.5 Å². The molecule has 2 aliphatic rings. The second-order valence-corrected chi connectivity index (χ2v) is 11.7. The number of aliphatic imine (C=N–C) groups is 1. The molecule has 0 spiro atoms. The van der Waals surface area contributed by atoms with Crippen LogP contribution in [0.25, 0.3) is 0 Å². The first-order valence-corrected chi connectivity index (χ1v) is 14.4. The molecule has 2 atom stereocenters. The van der Waals surface area contributed by atoms with Gasteiger partial charge in [-0.25, -0.2) is 27.5 Å². The lowest BCUT2D eigenvalue weighted by molar-refractivity contribution is -0.139. The number of likely N-dealkylation sites (tertiary alicyclic amines) is 1. The number of halogens is 6. The Labute approximate surface area is 239 Å². The van der Waals surface area contributed by atoms with E-state index < -0.39 is 50.8 Å². The zero-order chi connectivity index (χ0) is 28.4. The molecule has 3 heterocycles. The van der Waals surface area contributed by atoms with E-state index in [9.17, 15) is 22.5 Å². The van der Waals surface area contributed by atoms with Crippen LogP contribution in [0.3, 0.4) is 0 Å². The quantitative estimate of drug-likeness (QED) is 0.259. The number of rotatable bonds is 10. The maximum Gasteiger partial charge on any atom is 0.508 e. The number of thiazole rings is 1. The summed E-state index contributed by atoms with van der Waals surface area (Å²) in [5.74, 6) is -4.70. The van der Waals surface area contributed by atoms with Gasteiger partial charge < -0.3 is 10.1 Å². The second-order valence-electron chi connectivity index (χ2n) is 8.23. The molecule has 0 bridgehead atoms. The molecule has 0 radical (unpaired) electrons. The van der Waals surface area contributed by atoms with Gasteiger partial charge in [0.25, 0.3) is 5.92 Å². The van der Waals surface area contributed by atoms with Gasteiger partial charge >= 0.3 is 13.8 Å². The third-order valence-corrected chi connectivity index (χ3v) is 8.62. The standard InChI is InChI=1S/C21H19Cl3F3N4O6PS/c1-2-34-20(32)16-14(8-31-9-15(21(26,27)10-31)35-38(33,36-23)37-24)29-18(19-28-5-6-39-19)30-17(16)12-4-3-11(25)7-13(12)22/h3-7,15,17H,2,8-10H2,1H3,(H,29,30)/t15?,17-/m0/s1. The van der Waals surface area contributed by atoms with E-state index >= 15 is 0 Å². The molecular formula is C21H19Cl3F3N4O6PS. The molecule has 1 unspecified atom stereocenters. The highest BCUT2D eigenvalue weighted by Gasteiger charge is 2.53. The lowest BCUT2D eigenvalue weighted by atomic mass is 9.95. The van der Waals surface area contributed by atoms with Gasteiger partial charge in [0.1, 0.15) is 18.0 Å². The van der Waals surface area contributed by atoms with Gasteiger partial charge in [-0.3, -0.25) is 14.4 Å². The molecule has 1 saturated heterocycles. The number of alkyl halides is 2. The third kappa shape index (κ3) is 6.77. The predicted molar refractivity (Wildman–Crippen MR) is 137 cm³/mol. The number of esters is 1. The Bertz CT molecular complexity index is 1330. The number of carbonyl (C=O) groups excluding carboxylic acids is 1. The van der Waals surface area contributed by atoms with E-state index in [4.69, 9.17) is 44.6 Å². The summed E-state index contributed by atoms with van der Waals surface area (Å²) >= 11 is 17.6. The van der Waals surface area contributed by atoms with E-state index in [1.54, 1.807) is 12.3 Å². The lowest BCUT2D eigenvalue weighted by Gasteiger charge is -2.29. The van der Waals surface area contributed by atoms with E-state index in [1.807, 2.05) is 0 Å². The molecule has 2 aromatic rings. The van der Waals surface area contributed by atoms with Crippen molar-refractivity contribution in [2.45, 2.75) is 25.0 Å². The first-order chi connectivity index (χ1) is 18.5. The van der Waals surface area contributed by atoms with Crippen LogP contribution >= 0.6 is 54.5 Å². The Morgan fingerprint density at radius 1 is 1.33 bits per heavy atom. The summed E-state index contributed by atoms with van der Waals surface area (Å²) in [6.45, 7) is -0.0131. The fourth-order valence-electron chi connectivity index (χ4n) is 4.05. The van der Waals surface area contributed by atoms with Gasteiger partial charge in [-0.2, -0.15) is 8.15 Å². The Morgan fingerprint density at radius 2 is 2.08 bits per heavy atom. The number of hydrogen-bond acceptors (Lipinski definition) is 11. The van der Waals surface area contributed by atoms with Crippen LogP contribution in [0.2, 0.25) is 5.02 Å². The van der Waals surface area contributed by atoms with Crippen molar-refractivity contribution in [3.05, 3.63) is 62.5 Å². The molecule has 18 heteroatoms. The first kappa shape index (κ1) is 30.2. The van der Waals surface area contributed by atoms with Gasteiger partial charge in [0.15, 0.2) is 10.8 Å². The van der Waals surface area contributed by atoms with Gasteiger partial charge in [-0.1, -0.05) is 17.7 Å². The smallest absolute Gasteiger partial charge is 0.463 e. The van der Waals surface area contributed by atoms with Gasteiger partial charge in [0, 0.05) is 40.9 Å². The van der Waals surface area contributed by atoms with E-state index in [0.717, 1.165) is 12.1 Å². The topological polar surface area (TPSA) is 112 Å². The van der Waals surface area contributed by atoms with Crippen LogP contribution in [-0.4, -0.2) is 60.0 Å². The third-order valence-electron chi connectivity index (χ3n) is 5.65. The monoisotopic (exact) mass is 648 g/mol. The van der Waals surface area contributed by atoms with Crippen molar-refractivity contribution >= 4 is 66.3 Å². The van der Waals surface area contributed by atoms with Crippen LogP contribution in [0.1, 0.15) is 23.5 Å². The minimum atomic E-state index is -4.67. The molecule has 1 fully saturated rings. The number of aromatic nitrogens is 1. The van der Waals surface area contributed by atoms with Crippen molar-refractivity contribution < 1.29 is 39.9 Å². The Balaban J connectivity index is 1.74. The van der Waals surface area contributed by atoms with Crippen LogP contribution in [0.15, 0.2) is 46.0 Å². The number of amidine groups is 1. The SMILES string of the molecule is CCOC(=O)C1=C(CN2CC(OP(=O)(OCl)OCl)C(F)(F)C2)NC(c2nccs2)=N[C@H]1c1ccc(F)cc1Cl. The van der Waals surface area contributed by atoms with Crippen LogP contribution in [-0.2, 0) is 26.8 Å². The average molecular weight is 650 g/mol. The van der Waals surface area contributed by atoms with Crippen LogP contribution in [0.5, 0.6) is 0 Å². The summed E-state index contributed by atoms with van der Waals surface area (Å²) in [6.07, 6.45) is -0.446. The van der Waals surface area contributed by atoms with Gasteiger partial charge in [-0.05, 0) is 19.1 Å². The van der Waals surface area contributed by atoms with Gasteiger partial charge in [-0.15, -0.1) is 11.3 Å². The molecular weight excluding hydrogens is 631 g/mol. The molecule has 0 aliphatic carbocycles. The minimum absolute atomic E-state index is 0.00632.